The van der Waals surface area contributed by atoms with E-state index in [4.69, 9.17) is 9.47 Å². The predicted octanol–water partition coefficient (Wildman–Crippen LogP) is 2.05. The van der Waals surface area contributed by atoms with Gasteiger partial charge in [-0.15, -0.1) is 5.75 Å². The summed E-state index contributed by atoms with van der Waals surface area (Å²) in [5.41, 5.74) is 1.74. The Hall–Kier alpha value is -2.56. The van der Waals surface area contributed by atoms with E-state index in [0.717, 1.165) is 11.1 Å². The van der Waals surface area contributed by atoms with Crippen LogP contribution in [0.2, 0.25) is 0 Å². The van der Waals surface area contributed by atoms with Gasteiger partial charge in [-0.3, -0.25) is 4.98 Å². The van der Waals surface area contributed by atoms with Gasteiger partial charge < -0.3 is 14.6 Å². The zero-order chi connectivity index (χ0) is 14.2. The summed E-state index contributed by atoms with van der Waals surface area (Å²) in [4.78, 5) is 15.3. The lowest BCUT2D eigenvalue weighted by atomic mass is 10.2. The molecule has 0 N–H and O–H groups in total. The van der Waals surface area contributed by atoms with Crippen LogP contribution in [0.4, 0.5) is 4.79 Å². The number of nitrogens with zero attached hydrogens (tertiary/aromatic N) is 1. The second-order valence-electron chi connectivity index (χ2n) is 4.14. The number of pyridine rings is 1. The Balaban J connectivity index is 1.67. The average Bonchev–Trinajstić information content (AvgIpc) is 2.48. The molecular formula is C15H14NO4-. The normalized spacial score (nSPS) is 10.0. The maximum Gasteiger partial charge on any atom is 0.508 e. The van der Waals surface area contributed by atoms with Crippen molar-refractivity contribution < 1.29 is 19.4 Å². The van der Waals surface area contributed by atoms with Crippen molar-refractivity contribution in [2.75, 3.05) is 6.61 Å². The first-order chi connectivity index (χ1) is 9.74. The number of carbonyl (C=O) groups is 1. The average molecular weight is 272 g/mol. The number of carbonyl (C=O) groups excluding carboxylic acids is 1. The van der Waals surface area contributed by atoms with Crippen LogP contribution >= 0.6 is 0 Å². The second kappa shape index (κ2) is 7.13. The molecule has 0 fully saturated rings. The van der Waals surface area contributed by atoms with Crippen LogP contribution in [0.25, 0.3) is 0 Å². The van der Waals surface area contributed by atoms with E-state index in [2.05, 4.69) is 4.98 Å². The highest BCUT2D eigenvalue weighted by atomic mass is 16.7. The van der Waals surface area contributed by atoms with E-state index in [0.29, 0.717) is 6.42 Å². The molecule has 0 unspecified atom stereocenters. The number of aromatic nitrogens is 1. The van der Waals surface area contributed by atoms with Gasteiger partial charge in [-0.2, -0.15) is 0 Å². The predicted molar refractivity (Wildman–Crippen MR) is 70.0 cm³/mol. The maximum absolute atomic E-state index is 11.4. The molecule has 104 valence electrons. The van der Waals surface area contributed by atoms with Gasteiger partial charge in [-0.25, -0.2) is 4.79 Å². The van der Waals surface area contributed by atoms with Crippen molar-refractivity contribution in [1.29, 1.82) is 0 Å². The number of benzene rings is 1. The Kier molecular flexibility index (Phi) is 4.94. The van der Waals surface area contributed by atoms with Crippen LogP contribution in [0, 0.1) is 0 Å². The third kappa shape index (κ3) is 4.61. The number of hydrogen-bond donors (Lipinski definition) is 0. The molecule has 0 saturated carbocycles. The Morgan fingerprint density at radius 1 is 1.10 bits per heavy atom. The molecular weight excluding hydrogens is 258 g/mol. The van der Waals surface area contributed by atoms with Gasteiger partial charge in [0.05, 0.1) is 6.61 Å². The van der Waals surface area contributed by atoms with E-state index in [1.807, 2.05) is 12.1 Å². The van der Waals surface area contributed by atoms with E-state index in [-0.39, 0.29) is 19.0 Å². The van der Waals surface area contributed by atoms with Crippen molar-refractivity contribution in [3.05, 3.63) is 59.9 Å². The van der Waals surface area contributed by atoms with Crippen molar-refractivity contribution in [1.82, 2.24) is 4.98 Å². The van der Waals surface area contributed by atoms with Gasteiger partial charge in [0.25, 0.3) is 0 Å². The van der Waals surface area contributed by atoms with Crippen LogP contribution < -0.4 is 5.11 Å². The highest BCUT2D eigenvalue weighted by Crippen LogP contribution is 2.08. The fourth-order valence-corrected chi connectivity index (χ4v) is 1.57. The number of rotatable bonds is 5. The molecule has 0 atom stereocenters. The largest absolute Gasteiger partial charge is 0.872 e. The Morgan fingerprint density at radius 2 is 1.90 bits per heavy atom. The molecule has 0 aliphatic heterocycles. The van der Waals surface area contributed by atoms with Crippen molar-refractivity contribution in [3.63, 3.8) is 0 Å². The quantitative estimate of drug-likeness (QED) is 0.779. The molecule has 0 radical (unpaired) electrons. The first kappa shape index (κ1) is 13.9. The molecule has 0 aliphatic carbocycles. The summed E-state index contributed by atoms with van der Waals surface area (Å²) >= 11 is 0. The van der Waals surface area contributed by atoms with Crippen molar-refractivity contribution >= 4 is 6.16 Å². The maximum atomic E-state index is 11.4. The zero-order valence-electron chi connectivity index (χ0n) is 10.8. The van der Waals surface area contributed by atoms with Gasteiger partial charge in [-0.1, -0.05) is 30.3 Å². The molecule has 5 nitrogen and oxygen atoms in total. The summed E-state index contributed by atoms with van der Waals surface area (Å²) in [6, 6.07) is 9.81. The molecule has 0 spiro atoms. The summed E-state index contributed by atoms with van der Waals surface area (Å²) in [5.74, 6) is -0.0761. The molecule has 0 bridgehead atoms. The smallest absolute Gasteiger partial charge is 0.508 e. The minimum atomic E-state index is -0.722. The molecule has 0 amide bonds. The third-order valence-electron chi connectivity index (χ3n) is 2.61. The summed E-state index contributed by atoms with van der Waals surface area (Å²) in [6.45, 7) is 0.329. The summed E-state index contributed by atoms with van der Waals surface area (Å²) < 4.78 is 9.87. The minimum Gasteiger partial charge on any atom is -0.872 e. The molecule has 2 aromatic rings. The van der Waals surface area contributed by atoms with Crippen molar-refractivity contribution in [3.8, 4) is 5.75 Å². The van der Waals surface area contributed by atoms with Crippen molar-refractivity contribution in [2.45, 2.75) is 13.0 Å². The van der Waals surface area contributed by atoms with Crippen LogP contribution in [-0.2, 0) is 22.5 Å². The van der Waals surface area contributed by atoms with E-state index < -0.39 is 6.16 Å². The van der Waals surface area contributed by atoms with Crippen LogP contribution in [0.3, 0.4) is 0 Å². The molecule has 1 heterocycles. The van der Waals surface area contributed by atoms with Crippen LogP contribution in [0.15, 0.2) is 48.8 Å². The summed E-state index contributed by atoms with van der Waals surface area (Å²) in [5, 5.41) is 10.9. The molecule has 0 aliphatic rings. The second-order valence-corrected chi connectivity index (χ2v) is 4.14. The SMILES string of the molecule is O=C(OCCc1cccnc1)OCc1ccc([O-])cc1. The van der Waals surface area contributed by atoms with Gasteiger partial charge in [0, 0.05) is 18.8 Å². The summed E-state index contributed by atoms with van der Waals surface area (Å²) in [6.07, 6.45) is 3.28. The minimum absolute atomic E-state index is 0.0761. The number of hydrogen-bond acceptors (Lipinski definition) is 5. The molecule has 0 saturated heterocycles. The third-order valence-corrected chi connectivity index (χ3v) is 2.61. The first-order valence-corrected chi connectivity index (χ1v) is 6.18. The van der Waals surface area contributed by atoms with Crippen molar-refractivity contribution in [2.24, 2.45) is 0 Å². The van der Waals surface area contributed by atoms with Gasteiger partial charge in [0.1, 0.15) is 6.61 Å². The van der Waals surface area contributed by atoms with Crippen LogP contribution in [0.1, 0.15) is 11.1 Å². The monoisotopic (exact) mass is 272 g/mol. The fourth-order valence-electron chi connectivity index (χ4n) is 1.57. The topological polar surface area (TPSA) is 71.5 Å². The van der Waals surface area contributed by atoms with E-state index in [9.17, 15) is 9.90 Å². The Labute approximate surface area is 116 Å². The number of ether oxygens (including phenoxy) is 2. The molecule has 1 aromatic carbocycles. The van der Waals surface area contributed by atoms with E-state index >= 15 is 0 Å². The van der Waals surface area contributed by atoms with Gasteiger partial charge in [0.2, 0.25) is 0 Å². The van der Waals surface area contributed by atoms with Crippen LogP contribution in [-0.4, -0.2) is 17.7 Å². The molecule has 5 heteroatoms. The lowest BCUT2D eigenvalue weighted by molar-refractivity contribution is -0.268. The zero-order valence-corrected chi connectivity index (χ0v) is 10.8. The van der Waals surface area contributed by atoms with Gasteiger partial charge in [-0.05, 0) is 17.2 Å². The lowest BCUT2D eigenvalue weighted by Crippen LogP contribution is -2.10. The lowest BCUT2D eigenvalue weighted by Gasteiger charge is -2.08. The first-order valence-electron chi connectivity index (χ1n) is 6.18. The molecule has 2 rings (SSSR count). The molecule has 1 aromatic heterocycles. The fraction of sp³-hybridized carbons (Fsp3) is 0.200. The van der Waals surface area contributed by atoms with Gasteiger partial charge in [0.15, 0.2) is 0 Å². The van der Waals surface area contributed by atoms with Crippen LogP contribution in [0.5, 0.6) is 5.75 Å². The van der Waals surface area contributed by atoms with Gasteiger partial charge >= 0.3 is 6.16 Å². The van der Waals surface area contributed by atoms with E-state index in [1.54, 1.807) is 24.5 Å². The highest BCUT2D eigenvalue weighted by Gasteiger charge is 2.04. The summed E-state index contributed by atoms with van der Waals surface area (Å²) in [7, 11) is 0. The Bertz CT molecular complexity index is 540. The molecule has 20 heavy (non-hydrogen) atoms. The van der Waals surface area contributed by atoms with E-state index in [1.165, 1.54) is 12.1 Å². The standard InChI is InChI=1S/C15H15NO4/c17-14-5-3-13(4-6-14)11-20-15(18)19-9-7-12-2-1-8-16-10-12/h1-6,8,10,17H,7,9,11H2/p-1. The highest BCUT2D eigenvalue weighted by molar-refractivity contribution is 5.59. The Morgan fingerprint density at radius 3 is 2.60 bits per heavy atom.